The van der Waals surface area contributed by atoms with Gasteiger partial charge in [0.1, 0.15) is 10.6 Å². The van der Waals surface area contributed by atoms with Crippen molar-refractivity contribution in [2.24, 2.45) is 5.92 Å². The van der Waals surface area contributed by atoms with Gasteiger partial charge in [-0.05, 0) is 82.1 Å². The van der Waals surface area contributed by atoms with Crippen molar-refractivity contribution < 1.29 is 22.5 Å². The van der Waals surface area contributed by atoms with Crippen LogP contribution in [0, 0.1) is 5.92 Å². The van der Waals surface area contributed by atoms with Gasteiger partial charge in [0.15, 0.2) is 5.13 Å². The third-order valence-corrected chi connectivity index (χ3v) is 7.81. The fourth-order valence-corrected chi connectivity index (χ4v) is 5.59. The molecule has 1 fully saturated rings. The summed E-state index contributed by atoms with van der Waals surface area (Å²) in [5.74, 6) is 0.482. The van der Waals surface area contributed by atoms with Crippen molar-refractivity contribution in [1.29, 1.82) is 0 Å². The molecule has 0 bridgehead atoms. The normalized spacial score (nSPS) is 14.8. The van der Waals surface area contributed by atoms with E-state index in [2.05, 4.69) is 20.9 Å². The topological polar surface area (TPSA) is 130 Å². The van der Waals surface area contributed by atoms with Crippen LogP contribution < -0.4 is 20.1 Å². The average Bonchev–Trinajstić information content (AvgIpc) is 3.19. The maximum absolute atomic E-state index is 12.7. The molecule has 9 nitrogen and oxygen atoms in total. The van der Waals surface area contributed by atoms with Gasteiger partial charge in [0.05, 0.1) is 15.8 Å². The third-order valence-electron chi connectivity index (χ3n) is 5.61. The molecule has 12 heteroatoms. The summed E-state index contributed by atoms with van der Waals surface area (Å²) in [6.07, 6.45) is 2.45. The van der Waals surface area contributed by atoms with E-state index < -0.39 is 15.7 Å². The Morgan fingerprint density at radius 2 is 1.89 bits per heavy atom. The lowest BCUT2D eigenvalue weighted by atomic mass is 9.94. The molecule has 4 rings (SSSR count). The van der Waals surface area contributed by atoms with Gasteiger partial charge in [0.2, 0.25) is 5.91 Å². The fraction of sp³-hybridized carbons (Fsp3) is 0.417. The van der Waals surface area contributed by atoms with Gasteiger partial charge >= 0.3 is 10.1 Å². The number of nitrogens with zero attached hydrogens (tertiary/aromatic N) is 1. The molecule has 1 aromatic heterocycles. The Kier molecular flexibility index (Phi) is 9.18. The SMILES string of the molecule is CC(C)(O)CNc1ccc(S(=O)(=O)Oc2ccc3nc(NC(=O)CC4CCNCC4)sc3c2)cc1.Cl. The quantitative estimate of drug-likeness (QED) is 0.292. The number of fused-ring (bicyclic) bond motifs is 1. The van der Waals surface area contributed by atoms with E-state index in [9.17, 15) is 18.3 Å². The van der Waals surface area contributed by atoms with Gasteiger partial charge in [-0.1, -0.05) is 11.3 Å². The molecule has 36 heavy (non-hydrogen) atoms. The van der Waals surface area contributed by atoms with Crippen LogP contribution in [0.25, 0.3) is 10.2 Å². The van der Waals surface area contributed by atoms with Crippen LogP contribution in [-0.2, 0) is 14.9 Å². The number of hydrogen-bond donors (Lipinski definition) is 4. The van der Waals surface area contributed by atoms with E-state index in [0.717, 1.165) is 25.9 Å². The number of benzene rings is 2. The number of nitrogens with one attached hydrogen (secondary N) is 3. The van der Waals surface area contributed by atoms with E-state index in [0.29, 0.717) is 39.9 Å². The number of anilines is 2. The minimum absolute atomic E-state index is 0. The van der Waals surface area contributed by atoms with Gasteiger partial charge in [-0.15, -0.1) is 12.4 Å². The summed E-state index contributed by atoms with van der Waals surface area (Å²) in [6, 6.07) is 10.9. The maximum Gasteiger partial charge on any atom is 0.339 e. The first-order chi connectivity index (χ1) is 16.6. The number of thiazole rings is 1. The van der Waals surface area contributed by atoms with Crippen LogP contribution in [-0.4, -0.2) is 49.7 Å². The zero-order valence-corrected chi connectivity index (χ0v) is 22.6. The van der Waals surface area contributed by atoms with Crippen molar-refractivity contribution in [3.63, 3.8) is 0 Å². The van der Waals surface area contributed by atoms with E-state index in [-0.39, 0.29) is 29.0 Å². The summed E-state index contributed by atoms with van der Waals surface area (Å²) < 4.78 is 31.5. The van der Waals surface area contributed by atoms with Gasteiger partial charge < -0.3 is 25.2 Å². The van der Waals surface area contributed by atoms with Crippen LogP contribution >= 0.6 is 23.7 Å². The van der Waals surface area contributed by atoms with Crippen molar-refractivity contribution in [2.45, 2.75) is 43.6 Å². The Morgan fingerprint density at radius 3 is 2.56 bits per heavy atom. The van der Waals surface area contributed by atoms with Gasteiger partial charge in [-0.25, -0.2) is 4.98 Å². The van der Waals surface area contributed by atoms with Gasteiger partial charge in [-0.3, -0.25) is 4.79 Å². The number of piperidine rings is 1. The molecule has 4 N–H and O–H groups in total. The second-order valence-corrected chi connectivity index (χ2v) is 11.9. The lowest BCUT2D eigenvalue weighted by molar-refractivity contribution is -0.117. The highest BCUT2D eigenvalue weighted by Crippen LogP contribution is 2.31. The molecule has 0 atom stereocenters. The molecular weight excluding hydrogens is 524 g/mol. The largest absolute Gasteiger partial charge is 0.389 e. The highest BCUT2D eigenvalue weighted by atomic mass is 35.5. The molecule has 0 radical (unpaired) electrons. The maximum atomic E-state index is 12.7. The first-order valence-electron chi connectivity index (χ1n) is 11.5. The van der Waals surface area contributed by atoms with E-state index >= 15 is 0 Å². The van der Waals surface area contributed by atoms with Crippen molar-refractivity contribution in [2.75, 3.05) is 30.3 Å². The van der Waals surface area contributed by atoms with Crippen molar-refractivity contribution in [3.05, 3.63) is 42.5 Å². The van der Waals surface area contributed by atoms with Crippen molar-refractivity contribution in [3.8, 4) is 5.75 Å². The number of aromatic nitrogens is 1. The Bertz CT molecular complexity index is 1280. The Hall–Kier alpha value is -2.44. The van der Waals surface area contributed by atoms with Crippen LogP contribution in [0.2, 0.25) is 0 Å². The second-order valence-electron chi connectivity index (χ2n) is 9.32. The molecular formula is C24H31ClN4O5S2. The van der Waals surface area contributed by atoms with Crippen molar-refractivity contribution in [1.82, 2.24) is 10.3 Å². The van der Waals surface area contributed by atoms with Crippen LogP contribution in [0.3, 0.4) is 0 Å². The molecule has 0 saturated carbocycles. The average molecular weight is 555 g/mol. The van der Waals surface area contributed by atoms with Gasteiger partial charge in [0.25, 0.3) is 0 Å². The number of aliphatic hydroxyl groups is 1. The monoisotopic (exact) mass is 554 g/mol. The Labute approximate surface area is 221 Å². The summed E-state index contributed by atoms with van der Waals surface area (Å²) >= 11 is 1.27. The van der Waals surface area contributed by atoms with E-state index in [1.165, 1.54) is 23.5 Å². The minimum Gasteiger partial charge on any atom is -0.389 e. The number of carbonyl (C=O) groups is 1. The highest BCUT2D eigenvalue weighted by Gasteiger charge is 2.20. The molecule has 1 saturated heterocycles. The summed E-state index contributed by atoms with van der Waals surface area (Å²) in [5.41, 5.74) is 0.449. The number of halogens is 1. The standard InChI is InChI=1S/C24H30N4O5S2.ClH/c1-24(2,30)15-26-17-3-6-19(7-4-17)35(31,32)33-18-5-8-20-21(14-18)34-23(27-20)28-22(29)13-16-9-11-25-12-10-16;/h3-8,14,16,25-26,30H,9-13,15H2,1-2H3,(H,27,28,29);1H. The molecule has 196 valence electrons. The predicted octanol–water partition coefficient (Wildman–Crippen LogP) is 4.00. The lowest BCUT2D eigenvalue weighted by Crippen LogP contribution is -2.30. The molecule has 0 unspecified atom stereocenters. The second kappa shape index (κ2) is 11.7. The summed E-state index contributed by atoms with van der Waals surface area (Å²) in [7, 11) is -4.04. The predicted molar refractivity (Wildman–Crippen MR) is 145 cm³/mol. The molecule has 3 aromatic rings. The zero-order valence-electron chi connectivity index (χ0n) is 20.1. The molecule has 1 aliphatic rings. The summed E-state index contributed by atoms with van der Waals surface area (Å²) in [6.45, 7) is 5.56. The first kappa shape index (κ1) is 28.1. The van der Waals surface area contributed by atoms with E-state index in [1.807, 2.05) is 0 Å². The minimum atomic E-state index is -4.04. The number of carbonyl (C=O) groups excluding carboxylic acids is 1. The third kappa shape index (κ3) is 7.78. The molecule has 2 aromatic carbocycles. The first-order valence-corrected chi connectivity index (χ1v) is 13.7. The Balaban J connectivity index is 0.00000361. The Morgan fingerprint density at radius 1 is 1.19 bits per heavy atom. The van der Waals surface area contributed by atoms with E-state index in [4.69, 9.17) is 4.18 Å². The van der Waals surface area contributed by atoms with Crippen LogP contribution in [0.15, 0.2) is 47.4 Å². The summed E-state index contributed by atoms with van der Waals surface area (Å²) in [5, 5.41) is 19.5. The smallest absolute Gasteiger partial charge is 0.339 e. The van der Waals surface area contributed by atoms with E-state index in [1.54, 1.807) is 44.2 Å². The van der Waals surface area contributed by atoms with Crippen LogP contribution in [0.5, 0.6) is 5.75 Å². The molecule has 1 aliphatic heterocycles. The number of hydrogen-bond acceptors (Lipinski definition) is 9. The summed E-state index contributed by atoms with van der Waals surface area (Å²) in [4.78, 5) is 16.8. The fourth-order valence-electron chi connectivity index (χ4n) is 3.76. The van der Waals surface area contributed by atoms with Gasteiger partial charge in [-0.2, -0.15) is 8.42 Å². The molecule has 0 spiro atoms. The molecule has 1 amide bonds. The van der Waals surface area contributed by atoms with Gasteiger partial charge in [0, 0.05) is 24.7 Å². The number of amides is 1. The lowest BCUT2D eigenvalue weighted by Gasteiger charge is -2.21. The highest BCUT2D eigenvalue weighted by molar-refractivity contribution is 7.87. The molecule has 2 heterocycles. The van der Waals surface area contributed by atoms with Crippen LogP contribution in [0.4, 0.5) is 10.8 Å². The van der Waals surface area contributed by atoms with Crippen molar-refractivity contribution >= 4 is 60.8 Å². The number of rotatable bonds is 9. The molecule has 0 aliphatic carbocycles. The van der Waals surface area contributed by atoms with Crippen LogP contribution in [0.1, 0.15) is 33.1 Å². The zero-order chi connectivity index (χ0) is 25.1.